The quantitative estimate of drug-likeness (QED) is 0.366. The van der Waals surface area contributed by atoms with Crippen LogP contribution in [0.15, 0.2) is 30.6 Å². The molecule has 8 heteroatoms. The summed E-state index contributed by atoms with van der Waals surface area (Å²) in [6.07, 6.45) is 2.08. The molecular formula is C16H17N3O5. The molecule has 0 saturated heterocycles. The van der Waals surface area contributed by atoms with Gasteiger partial charge in [0.25, 0.3) is 0 Å². The second kappa shape index (κ2) is 6.61. The van der Waals surface area contributed by atoms with Crippen LogP contribution < -0.4 is 9.47 Å². The zero-order valence-electron chi connectivity index (χ0n) is 13.8. The molecule has 1 heterocycles. The Hall–Kier alpha value is -3.03. The molecule has 1 aromatic carbocycles. The molecule has 8 nitrogen and oxygen atoms in total. The first kappa shape index (κ1) is 17.3. The maximum absolute atomic E-state index is 11.3. The Bertz CT molecular complexity index is 766. The summed E-state index contributed by atoms with van der Waals surface area (Å²) in [5.41, 5.74) is 0.568. The predicted molar refractivity (Wildman–Crippen MR) is 85.2 cm³/mol. The van der Waals surface area contributed by atoms with Crippen LogP contribution in [0.2, 0.25) is 0 Å². The highest BCUT2D eigenvalue weighted by Gasteiger charge is 2.19. The molecular weight excluding hydrogens is 314 g/mol. The zero-order chi connectivity index (χ0) is 17.9. The summed E-state index contributed by atoms with van der Waals surface area (Å²) in [7, 11) is 0. The van der Waals surface area contributed by atoms with E-state index in [2.05, 4.69) is 9.97 Å². The smallest absolute Gasteiger partial charge is 0.322 e. The molecule has 2 aromatic rings. The molecule has 126 valence electrons. The van der Waals surface area contributed by atoms with Crippen molar-refractivity contribution < 1.29 is 19.2 Å². The lowest BCUT2D eigenvalue weighted by atomic mass is 9.87. The van der Waals surface area contributed by atoms with Gasteiger partial charge in [0, 0.05) is 6.92 Å². The summed E-state index contributed by atoms with van der Waals surface area (Å²) in [5, 5.41) is 10.6. The van der Waals surface area contributed by atoms with E-state index in [0.717, 1.165) is 18.0 Å². The largest absolute Gasteiger partial charge is 0.423 e. The summed E-state index contributed by atoms with van der Waals surface area (Å²) in [4.78, 5) is 28.9. The van der Waals surface area contributed by atoms with Crippen molar-refractivity contribution in [1.29, 1.82) is 0 Å². The highest BCUT2D eigenvalue weighted by molar-refractivity contribution is 5.70. The molecule has 0 aliphatic rings. The first-order chi connectivity index (χ1) is 11.2. The molecule has 0 saturated carbocycles. The number of nitrogens with zero attached hydrogens (tertiary/aromatic N) is 3. The summed E-state index contributed by atoms with van der Waals surface area (Å²) in [6, 6.07) is 5.11. The van der Waals surface area contributed by atoms with Gasteiger partial charge in [-0.25, -0.2) is 0 Å². The van der Waals surface area contributed by atoms with Gasteiger partial charge in [-0.3, -0.25) is 14.9 Å². The van der Waals surface area contributed by atoms with Crippen molar-refractivity contribution in [3.05, 3.63) is 46.3 Å². The van der Waals surface area contributed by atoms with Crippen molar-refractivity contribution in [3.63, 3.8) is 0 Å². The fraction of sp³-hybridized carbons (Fsp3) is 0.312. The van der Waals surface area contributed by atoms with E-state index in [1.54, 1.807) is 12.1 Å². The summed E-state index contributed by atoms with van der Waals surface area (Å²) >= 11 is 0. The van der Waals surface area contributed by atoms with Crippen LogP contribution in [-0.4, -0.2) is 20.9 Å². The van der Waals surface area contributed by atoms with Gasteiger partial charge in [0.05, 0.1) is 4.92 Å². The number of hydrogen-bond acceptors (Lipinski definition) is 7. The van der Waals surface area contributed by atoms with Gasteiger partial charge in [-0.15, -0.1) is 0 Å². The lowest BCUT2D eigenvalue weighted by molar-refractivity contribution is -0.385. The van der Waals surface area contributed by atoms with E-state index in [4.69, 9.17) is 9.47 Å². The molecule has 0 aliphatic heterocycles. The fourth-order valence-electron chi connectivity index (χ4n) is 1.85. The third kappa shape index (κ3) is 4.25. The first-order valence-corrected chi connectivity index (χ1v) is 7.14. The zero-order valence-corrected chi connectivity index (χ0v) is 13.8. The molecule has 2 rings (SSSR count). The third-order valence-electron chi connectivity index (χ3n) is 3.09. The van der Waals surface area contributed by atoms with Gasteiger partial charge in [-0.1, -0.05) is 26.8 Å². The fourth-order valence-corrected chi connectivity index (χ4v) is 1.85. The van der Waals surface area contributed by atoms with Crippen molar-refractivity contribution in [3.8, 4) is 17.5 Å². The Morgan fingerprint density at radius 1 is 1.17 bits per heavy atom. The van der Waals surface area contributed by atoms with E-state index in [-0.39, 0.29) is 28.6 Å². The lowest BCUT2D eigenvalue weighted by Crippen LogP contribution is -2.12. The van der Waals surface area contributed by atoms with Crippen LogP contribution in [0.4, 0.5) is 5.69 Å². The normalized spacial score (nSPS) is 11.0. The molecule has 0 bridgehead atoms. The minimum Gasteiger partial charge on any atom is -0.423 e. The minimum absolute atomic E-state index is 0.0856. The van der Waals surface area contributed by atoms with Crippen molar-refractivity contribution in [1.82, 2.24) is 9.97 Å². The topological polar surface area (TPSA) is 104 Å². The van der Waals surface area contributed by atoms with Gasteiger partial charge >= 0.3 is 17.7 Å². The predicted octanol–water partition coefficient (Wildman–Crippen LogP) is 3.40. The molecule has 0 amide bonds. The molecule has 0 aliphatic carbocycles. The number of rotatable bonds is 4. The molecule has 0 fully saturated rings. The standard InChI is InChI=1S/C16H17N3O5/c1-10(20)23-14-7-11(16(2,3)4)5-6-13(14)24-15-17-8-12(9-18-15)19(21)22/h5-9H,1-4H3. The van der Waals surface area contributed by atoms with Crippen LogP contribution >= 0.6 is 0 Å². The number of carbonyl (C=O) groups is 1. The van der Waals surface area contributed by atoms with Crippen LogP contribution in [0, 0.1) is 10.1 Å². The minimum atomic E-state index is -0.605. The maximum atomic E-state index is 11.3. The van der Waals surface area contributed by atoms with E-state index in [9.17, 15) is 14.9 Å². The first-order valence-electron chi connectivity index (χ1n) is 7.14. The Morgan fingerprint density at radius 2 is 1.79 bits per heavy atom. The molecule has 0 atom stereocenters. The number of hydrogen-bond donors (Lipinski definition) is 0. The monoisotopic (exact) mass is 331 g/mol. The van der Waals surface area contributed by atoms with E-state index >= 15 is 0 Å². The SMILES string of the molecule is CC(=O)Oc1cc(C(C)(C)C)ccc1Oc1ncc([N+](=O)[O-])cn1. The number of esters is 1. The second-order valence-electron chi connectivity index (χ2n) is 6.09. The van der Waals surface area contributed by atoms with Crippen molar-refractivity contribution in [2.75, 3.05) is 0 Å². The number of benzene rings is 1. The highest BCUT2D eigenvalue weighted by Crippen LogP contribution is 2.35. The van der Waals surface area contributed by atoms with Crippen LogP contribution in [-0.2, 0) is 10.2 Å². The van der Waals surface area contributed by atoms with Crippen molar-refractivity contribution >= 4 is 11.7 Å². The Balaban J connectivity index is 2.34. The van der Waals surface area contributed by atoms with E-state index in [0.29, 0.717) is 0 Å². The second-order valence-corrected chi connectivity index (χ2v) is 6.09. The van der Waals surface area contributed by atoms with Crippen LogP contribution in [0.1, 0.15) is 33.3 Å². The number of aromatic nitrogens is 2. The van der Waals surface area contributed by atoms with Gasteiger partial charge in [0.15, 0.2) is 11.5 Å². The van der Waals surface area contributed by atoms with Crippen LogP contribution in [0.25, 0.3) is 0 Å². The molecule has 0 spiro atoms. The van der Waals surface area contributed by atoms with Crippen LogP contribution in [0.3, 0.4) is 0 Å². The van der Waals surface area contributed by atoms with Gasteiger partial charge in [0.1, 0.15) is 12.4 Å². The Labute approximate surface area is 138 Å². The summed E-state index contributed by atoms with van der Waals surface area (Å²) < 4.78 is 10.7. The van der Waals surface area contributed by atoms with Crippen molar-refractivity contribution in [2.24, 2.45) is 0 Å². The Kier molecular flexibility index (Phi) is 4.77. The summed E-state index contributed by atoms with van der Waals surface area (Å²) in [5.74, 6) is -0.0144. The maximum Gasteiger partial charge on any atom is 0.322 e. The van der Waals surface area contributed by atoms with Crippen LogP contribution in [0.5, 0.6) is 17.5 Å². The average molecular weight is 331 g/mol. The summed E-state index contributed by atoms with van der Waals surface area (Å²) in [6.45, 7) is 7.37. The highest BCUT2D eigenvalue weighted by atomic mass is 16.6. The van der Waals surface area contributed by atoms with E-state index < -0.39 is 10.9 Å². The van der Waals surface area contributed by atoms with Gasteiger partial charge in [-0.2, -0.15) is 9.97 Å². The van der Waals surface area contributed by atoms with E-state index in [1.165, 1.54) is 6.92 Å². The Morgan fingerprint density at radius 3 is 2.29 bits per heavy atom. The van der Waals surface area contributed by atoms with Gasteiger partial charge in [-0.05, 0) is 23.1 Å². The number of carbonyl (C=O) groups excluding carboxylic acids is 1. The molecule has 24 heavy (non-hydrogen) atoms. The van der Waals surface area contributed by atoms with Crippen molar-refractivity contribution in [2.45, 2.75) is 33.1 Å². The van der Waals surface area contributed by atoms with Gasteiger partial charge < -0.3 is 9.47 Å². The van der Waals surface area contributed by atoms with E-state index in [1.807, 2.05) is 26.8 Å². The molecule has 0 radical (unpaired) electrons. The molecule has 1 aromatic heterocycles. The lowest BCUT2D eigenvalue weighted by Gasteiger charge is -2.20. The molecule has 0 unspecified atom stereocenters. The van der Waals surface area contributed by atoms with Gasteiger partial charge in [0.2, 0.25) is 0 Å². The average Bonchev–Trinajstić information content (AvgIpc) is 2.48. The number of ether oxygens (including phenoxy) is 2. The number of nitro groups is 1. The molecule has 0 N–H and O–H groups in total. The third-order valence-corrected chi connectivity index (χ3v) is 3.09.